The van der Waals surface area contributed by atoms with Crippen LogP contribution in [-0.2, 0) is 0 Å². The van der Waals surface area contributed by atoms with Crippen molar-refractivity contribution in [1.29, 1.82) is 0 Å². The SMILES string of the molecule is CC(=O)n1ccc(-c2ccc(Cl)cc2)n1. The second-order valence-electron chi connectivity index (χ2n) is 3.17. The minimum atomic E-state index is -0.102. The van der Waals surface area contributed by atoms with Crippen LogP contribution in [0.1, 0.15) is 11.7 Å². The Morgan fingerprint density at radius 3 is 2.47 bits per heavy atom. The summed E-state index contributed by atoms with van der Waals surface area (Å²) >= 11 is 5.78. The molecule has 0 radical (unpaired) electrons. The number of benzene rings is 1. The highest BCUT2D eigenvalue weighted by molar-refractivity contribution is 6.30. The van der Waals surface area contributed by atoms with Gasteiger partial charge in [0.25, 0.3) is 0 Å². The molecule has 2 aromatic rings. The van der Waals surface area contributed by atoms with Crippen LogP contribution in [0.25, 0.3) is 11.3 Å². The third kappa shape index (κ3) is 2.07. The molecular formula is C11H9ClN2O. The van der Waals surface area contributed by atoms with Crippen molar-refractivity contribution in [1.82, 2.24) is 9.78 Å². The number of carbonyl (C=O) groups excluding carboxylic acids is 1. The highest BCUT2D eigenvalue weighted by atomic mass is 35.5. The standard InChI is InChI=1S/C11H9ClN2O/c1-8(15)14-7-6-11(13-14)9-2-4-10(12)5-3-9/h2-7H,1H3. The van der Waals surface area contributed by atoms with Gasteiger partial charge in [0, 0.05) is 23.7 Å². The lowest BCUT2D eigenvalue weighted by Gasteiger charge is -1.96. The lowest BCUT2D eigenvalue weighted by atomic mass is 10.2. The number of rotatable bonds is 1. The number of hydrogen-bond acceptors (Lipinski definition) is 2. The summed E-state index contributed by atoms with van der Waals surface area (Å²) in [7, 11) is 0. The van der Waals surface area contributed by atoms with E-state index in [-0.39, 0.29) is 5.91 Å². The summed E-state index contributed by atoms with van der Waals surface area (Å²) in [6, 6.07) is 9.13. The van der Waals surface area contributed by atoms with Crippen LogP contribution in [0.4, 0.5) is 0 Å². The molecule has 0 saturated heterocycles. The zero-order valence-corrected chi connectivity index (χ0v) is 8.90. The van der Waals surface area contributed by atoms with Gasteiger partial charge in [-0.2, -0.15) is 5.10 Å². The molecule has 0 bridgehead atoms. The summed E-state index contributed by atoms with van der Waals surface area (Å²) in [5, 5.41) is 4.82. The van der Waals surface area contributed by atoms with Crippen molar-refractivity contribution in [3.8, 4) is 11.3 Å². The molecule has 1 heterocycles. The topological polar surface area (TPSA) is 34.9 Å². The molecule has 1 aromatic heterocycles. The summed E-state index contributed by atoms with van der Waals surface area (Å²) < 4.78 is 1.31. The van der Waals surface area contributed by atoms with E-state index in [2.05, 4.69) is 5.10 Å². The quantitative estimate of drug-likeness (QED) is 0.741. The average Bonchev–Trinajstić information content (AvgIpc) is 2.68. The molecule has 0 saturated carbocycles. The minimum absolute atomic E-state index is 0.102. The van der Waals surface area contributed by atoms with Crippen LogP contribution in [0, 0.1) is 0 Å². The molecule has 0 spiro atoms. The lowest BCUT2D eigenvalue weighted by molar-refractivity contribution is 0.0921. The molecule has 0 aliphatic carbocycles. The van der Waals surface area contributed by atoms with Crippen LogP contribution in [0.5, 0.6) is 0 Å². The molecule has 1 aromatic carbocycles. The van der Waals surface area contributed by atoms with E-state index < -0.39 is 0 Å². The lowest BCUT2D eigenvalue weighted by Crippen LogP contribution is -2.05. The van der Waals surface area contributed by atoms with Crippen LogP contribution in [0.3, 0.4) is 0 Å². The first-order valence-corrected chi connectivity index (χ1v) is 4.87. The van der Waals surface area contributed by atoms with Gasteiger partial charge in [-0.05, 0) is 18.2 Å². The molecular weight excluding hydrogens is 212 g/mol. The Morgan fingerprint density at radius 1 is 1.27 bits per heavy atom. The van der Waals surface area contributed by atoms with Gasteiger partial charge in [0.05, 0.1) is 5.69 Å². The van der Waals surface area contributed by atoms with E-state index in [1.807, 2.05) is 12.1 Å². The molecule has 0 fully saturated rings. The number of aromatic nitrogens is 2. The van der Waals surface area contributed by atoms with E-state index in [4.69, 9.17) is 11.6 Å². The fourth-order valence-corrected chi connectivity index (χ4v) is 1.40. The third-order valence-corrected chi connectivity index (χ3v) is 2.30. The van der Waals surface area contributed by atoms with Gasteiger partial charge >= 0.3 is 0 Å². The molecule has 76 valence electrons. The molecule has 0 atom stereocenters. The van der Waals surface area contributed by atoms with Crippen molar-refractivity contribution in [2.75, 3.05) is 0 Å². The Morgan fingerprint density at radius 2 is 1.93 bits per heavy atom. The molecule has 3 nitrogen and oxygen atoms in total. The normalized spacial score (nSPS) is 10.3. The number of nitrogens with zero attached hydrogens (tertiary/aromatic N) is 2. The van der Waals surface area contributed by atoms with Crippen molar-refractivity contribution in [2.24, 2.45) is 0 Å². The van der Waals surface area contributed by atoms with Crippen LogP contribution in [0.15, 0.2) is 36.5 Å². The van der Waals surface area contributed by atoms with Crippen molar-refractivity contribution >= 4 is 17.5 Å². The second-order valence-corrected chi connectivity index (χ2v) is 3.61. The Kier molecular flexibility index (Phi) is 2.56. The van der Waals surface area contributed by atoms with Crippen LogP contribution in [0.2, 0.25) is 5.02 Å². The molecule has 0 aliphatic rings. The second kappa shape index (κ2) is 3.87. The predicted molar refractivity (Wildman–Crippen MR) is 59.0 cm³/mol. The molecule has 15 heavy (non-hydrogen) atoms. The monoisotopic (exact) mass is 220 g/mol. The van der Waals surface area contributed by atoms with Crippen LogP contribution >= 0.6 is 11.6 Å². The Labute approximate surface area is 92.3 Å². The van der Waals surface area contributed by atoms with E-state index in [0.29, 0.717) is 5.02 Å². The maximum Gasteiger partial charge on any atom is 0.243 e. The molecule has 0 amide bonds. The first-order chi connectivity index (χ1) is 7.16. The van der Waals surface area contributed by atoms with Crippen molar-refractivity contribution in [2.45, 2.75) is 6.92 Å². The van der Waals surface area contributed by atoms with Crippen LogP contribution < -0.4 is 0 Å². The van der Waals surface area contributed by atoms with E-state index in [1.54, 1.807) is 24.4 Å². The maximum atomic E-state index is 11.0. The van der Waals surface area contributed by atoms with Gasteiger partial charge in [-0.3, -0.25) is 4.79 Å². The fraction of sp³-hybridized carbons (Fsp3) is 0.0909. The van der Waals surface area contributed by atoms with Gasteiger partial charge in [-0.15, -0.1) is 0 Å². The Hall–Kier alpha value is -1.61. The van der Waals surface area contributed by atoms with Crippen molar-refractivity contribution < 1.29 is 4.79 Å². The van der Waals surface area contributed by atoms with Gasteiger partial charge in [-0.1, -0.05) is 23.7 Å². The summed E-state index contributed by atoms with van der Waals surface area (Å²) in [5.74, 6) is -0.102. The molecule has 0 aliphatic heterocycles. The smallest absolute Gasteiger partial charge is 0.243 e. The Bertz CT molecular complexity index is 488. The average molecular weight is 221 g/mol. The summed E-state index contributed by atoms with van der Waals surface area (Å²) in [4.78, 5) is 11.0. The Balaban J connectivity index is 2.37. The van der Waals surface area contributed by atoms with Gasteiger partial charge in [0.15, 0.2) is 0 Å². The van der Waals surface area contributed by atoms with Gasteiger partial charge in [0.2, 0.25) is 5.91 Å². The molecule has 0 N–H and O–H groups in total. The van der Waals surface area contributed by atoms with Crippen molar-refractivity contribution in [3.63, 3.8) is 0 Å². The first-order valence-electron chi connectivity index (χ1n) is 4.49. The summed E-state index contributed by atoms with van der Waals surface area (Å²) in [5.41, 5.74) is 1.71. The minimum Gasteiger partial charge on any atom is -0.273 e. The van der Waals surface area contributed by atoms with E-state index >= 15 is 0 Å². The van der Waals surface area contributed by atoms with E-state index in [9.17, 15) is 4.79 Å². The highest BCUT2D eigenvalue weighted by Crippen LogP contribution is 2.19. The molecule has 0 unspecified atom stereocenters. The van der Waals surface area contributed by atoms with Crippen molar-refractivity contribution in [3.05, 3.63) is 41.6 Å². The van der Waals surface area contributed by atoms with Gasteiger partial charge < -0.3 is 0 Å². The summed E-state index contributed by atoms with van der Waals surface area (Å²) in [6.45, 7) is 1.47. The molecule has 2 rings (SSSR count). The predicted octanol–water partition coefficient (Wildman–Crippen LogP) is 2.86. The maximum absolute atomic E-state index is 11.0. The van der Waals surface area contributed by atoms with Gasteiger partial charge in [0.1, 0.15) is 0 Å². The zero-order valence-electron chi connectivity index (χ0n) is 8.14. The van der Waals surface area contributed by atoms with Crippen LogP contribution in [-0.4, -0.2) is 15.7 Å². The van der Waals surface area contributed by atoms with Gasteiger partial charge in [-0.25, -0.2) is 4.68 Å². The first kappa shape index (κ1) is 9.93. The number of halogens is 1. The molecule has 4 heteroatoms. The van der Waals surface area contributed by atoms with E-state index in [0.717, 1.165) is 11.3 Å². The number of carbonyl (C=O) groups is 1. The summed E-state index contributed by atoms with van der Waals surface area (Å²) in [6.07, 6.45) is 1.65. The zero-order chi connectivity index (χ0) is 10.8. The van der Waals surface area contributed by atoms with E-state index in [1.165, 1.54) is 11.6 Å². The largest absolute Gasteiger partial charge is 0.273 e. The fourth-order valence-electron chi connectivity index (χ4n) is 1.27. The highest BCUT2D eigenvalue weighted by Gasteiger charge is 2.04. The number of hydrogen-bond donors (Lipinski definition) is 0. The third-order valence-electron chi connectivity index (χ3n) is 2.05.